The SMILES string of the molecule is COc1cc(Nc2c(C#N)cnc3cc(OCCCN4CCN(CCOCCOCCOCCOCCOCCOCCOCCNC(=O)C5CC6CC5C(O)C6O)CC4)c(OC)cc23)c(Cl)cc1Cl. The first-order valence-corrected chi connectivity index (χ1v) is 24.9. The topological polar surface area (TPSA) is 217 Å². The van der Waals surface area contributed by atoms with Gasteiger partial charge >= 0.3 is 0 Å². The van der Waals surface area contributed by atoms with Crippen molar-refractivity contribution < 1.29 is 62.4 Å². The van der Waals surface area contributed by atoms with E-state index >= 15 is 0 Å². The van der Waals surface area contributed by atoms with E-state index in [-0.39, 0.29) is 23.7 Å². The van der Waals surface area contributed by atoms with Crippen LogP contribution in [0.1, 0.15) is 24.8 Å². The number of anilines is 2. The van der Waals surface area contributed by atoms with Crippen molar-refractivity contribution in [3.63, 3.8) is 0 Å². The Bertz CT molecular complexity index is 2100. The number of aliphatic hydroxyl groups excluding tert-OH is 2. The maximum absolute atomic E-state index is 12.4. The lowest BCUT2D eigenvalue weighted by Gasteiger charge is -2.34. The highest BCUT2D eigenvalue weighted by Gasteiger charge is 2.53. The molecule has 2 bridgehead atoms. The molecule has 388 valence electrons. The molecule has 0 radical (unpaired) electrons. The number of amides is 1. The van der Waals surface area contributed by atoms with Crippen molar-refractivity contribution in [1.82, 2.24) is 20.1 Å². The molecule has 3 fully saturated rings. The van der Waals surface area contributed by atoms with Gasteiger partial charge in [0.15, 0.2) is 11.5 Å². The minimum Gasteiger partial charge on any atom is -0.495 e. The fourth-order valence-corrected chi connectivity index (χ4v) is 9.42. The van der Waals surface area contributed by atoms with Gasteiger partial charge < -0.3 is 73.1 Å². The summed E-state index contributed by atoms with van der Waals surface area (Å²) < 4.78 is 56.4. The zero-order valence-corrected chi connectivity index (χ0v) is 41.9. The molecule has 21 heteroatoms. The molecule has 5 atom stereocenters. The Morgan fingerprint density at radius 3 is 1.83 bits per heavy atom. The first-order valence-electron chi connectivity index (χ1n) is 24.2. The maximum Gasteiger partial charge on any atom is 0.223 e. The highest BCUT2D eigenvalue weighted by Crippen LogP contribution is 2.48. The van der Waals surface area contributed by atoms with E-state index in [4.69, 9.17) is 70.6 Å². The van der Waals surface area contributed by atoms with E-state index < -0.39 is 12.2 Å². The van der Waals surface area contributed by atoms with Gasteiger partial charge in [-0.15, -0.1) is 0 Å². The van der Waals surface area contributed by atoms with Gasteiger partial charge in [-0.2, -0.15) is 5.26 Å². The van der Waals surface area contributed by atoms with E-state index in [1.54, 1.807) is 19.2 Å². The summed E-state index contributed by atoms with van der Waals surface area (Å²) in [4.78, 5) is 21.8. The number of carbonyl (C=O) groups is 1. The van der Waals surface area contributed by atoms with Crippen molar-refractivity contribution in [1.29, 1.82) is 5.26 Å². The van der Waals surface area contributed by atoms with Crippen LogP contribution in [-0.4, -0.2) is 202 Å². The van der Waals surface area contributed by atoms with Crippen LogP contribution in [0.15, 0.2) is 30.5 Å². The summed E-state index contributed by atoms with van der Waals surface area (Å²) in [5.41, 5.74) is 2.01. The fraction of sp³-hybridized carbons (Fsp3) is 0.653. The van der Waals surface area contributed by atoms with Gasteiger partial charge in [-0.25, -0.2) is 0 Å². The summed E-state index contributed by atoms with van der Waals surface area (Å²) in [7, 11) is 3.10. The molecule has 19 nitrogen and oxygen atoms in total. The van der Waals surface area contributed by atoms with E-state index in [9.17, 15) is 20.3 Å². The fourth-order valence-electron chi connectivity index (χ4n) is 8.91. The van der Waals surface area contributed by atoms with Crippen LogP contribution in [0.3, 0.4) is 0 Å². The molecule has 2 heterocycles. The summed E-state index contributed by atoms with van der Waals surface area (Å²) in [5.74, 6) is 1.13. The van der Waals surface area contributed by atoms with Gasteiger partial charge in [0.25, 0.3) is 0 Å². The number of carbonyl (C=O) groups excluding carboxylic acids is 1. The number of aromatic nitrogens is 1. The summed E-state index contributed by atoms with van der Waals surface area (Å²) in [5, 5.41) is 37.4. The summed E-state index contributed by atoms with van der Waals surface area (Å²) in [6.45, 7) is 13.4. The molecule has 6 rings (SSSR count). The number of piperazine rings is 1. The van der Waals surface area contributed by atoms with Crippen LogP contribution in [-0.2, 0) is 38.0 Å². The van der Waals surface area contributed by atoms with E-state index in [0.717, 1.165) is 45.7 Å². The number of nitriles is 1. The van der Waals surface area contributed by atoms with Gasteiger partial charge in [0.2, 0.25) is 5.91 Å². The van der Waals surface area contributed by atoms with Gasteiger partial charge in [-0.1, -0.05) is 23.2 Å². The number of benzene rings is 2. The highest BCUT2D eigenvalue weighted by molar-refractivity contribution is 6.37. The predicted octanol–water partition coefficient (Wildman–Crippen LogP) is 4.17. The number of hydrogen-bond acceptors (Lipinski definition) is 18. The third-order valence-corrected chi connectivity index (χ3v) is 13.3. The first kappa shape index (κ1) is 55.5. The minimum atomic E-state index is -0.795. The van der Waals surface area contributed by atoms with Gasteiger partial charge in [-0.05, 0) is 43.2 Å². The Labute approximate surface area is 420 Å². The molecule has 1 aromatic heterocycles. The Morgan fingerprint density at radius 1 is 0.700 bits per heavy atom. The van der Waals surface area contributed by atoms with Crippen molar-refractivity contribution >= 4 is 51.4 Å². The Balaban J connectivity index is 0.690. The van der Waals surface area contributed by atoms with Crippen molar-refractivity contribution in [3.8, 4) is 23.3 Å². The molecule has 3 aliphatic rings. The summed E-state index contributed by atoms with van der Waals surface area (Å²) in [6, 6.07) is 9.10. The van der Waals surface area contributed by atoms with Crippen molar-refractivity contribution in [2.24, 2.45) is 17.8 Å². The maximum atomic E-state index is 12.4. The zero-order chi connectivity index (χ0) is 49.5. The molecule has 2 saturated carbocycles. The third kappa shape index (κ3) is 16.9. The Kier molecular flexibility index (Phi) is 24.0. The molecule has 1 aliphatic heterocycles. The lowest BCUT2D eigenvalue weighted by molar-refractivity contribution is -0.130. The molecule has 70 heavy (non-hydrogen) atoms. The molecule has 1 amide bonds. The van der Waals surface area contributed by atoms with Crippen LogP contribution in [0.25, 0.3) is 10.9 Å². The van der Waals surface area contributed by atoms with E-state index in [1.807, 2.05) is 12.1 Å². The lowest BCUT2D eigenvalue weighted by atomic mass is 9.84. The Morgan fingerprint density at radius 2 is 1.27 bits per heavy atom. The number of ether oxygens (including phenoxy) is 10. The molecule has 5 unspecified atom stereocenters. The molecule has 2 aromatic carbocycles. The predicted molar refractivity (Wildman–Crippen MR) is 263 cm³/mol. The second-order valence-electron chi connectivity index (χ2n) is 17.2. The van der Waals surface area contributed by atoms with Crippen LogP contribution in [0.5, 0.6) is 17.2 Å². The first-order chi connectivity index (χ1) is 34.2. The molecule has 3 aromatic rings. The Hall–Kier alpha value is -3.85. The van der Waals surface area contributed by atoms with E-state index in [2.05, 4.69) is 31.5 Å². The number of hydrogen-bond donors (Lipinski definition) is 4. The van der Waals surface area contributed by atoms with Crippen LogP contribution in [0.4, 0.5) is 11.4 Å². The molecule has 4 N–H and O–H groups in total. The number of fused-ring (bicyclic) bond motifs is 3. The monoisotopic (exact) mass is 1020 g/mol. The minimum absolute atomic E-state index is 0.0259. The van der Waals surface area contributed by atoms with Crippen LogP contribution >= 0.6 is 23.2 Å². The van der Waals surface area contributed by atoms with Crippen molar-refractivity contribution in [2.45, 2.75) is 31.5 Å². The largest absolute Gasteiger partial charge is 0.495 e. The summed E-state index contributed by atoms with van der Waals surface area (Å²) in [6.07, 6.45) is 2.22. The third-order valence-electron chi connectivity index (χ3n) is 12.7. The van der Waals surface area contributed by atoms with Gasteiger partial charge in [0.1, 0.15) is 11.8 Å². The van der Waals surface area contributed by atoms with Crippen LogP contribution in [0, 0.1) is 29.1 Å². The quantitative estimate of drug-likeness (QED) is 0.0618. The molecular formula is C49H70Cl2N6O13. The number of nitrogens with one attached hydrogen (secondary N) is 2. The lowest BCUT2D eigenvalue weighted by Crippen LogP contribution is -2.47. The van der Waals surface area contributed by atoms with Gasteiger partial charge in [0.05, 0.1) is 158 Å². The zero-order valence-electron chi connectivity index (χ0n) is 40.4. The second kappa shape index (κ2) is 30.2. The number of pyridine rings is 1. The second-order valence-corrected chi connectivity index (χ2v) is 18.0. The van der Waals surface area contributed by atoms with Crippen LogP contribution < -0.4 is 24.8 Å². The number of nitrogens with zero attached hydrogens (tertiary/aromatic N) is 4. The number of aliphatic hydroxyl groups is 2. The van der Waals surface area contributed by atoms with E-state index in [1.165, 1.54) is 13.3 Å². The number of rotatable bonds is 34. The molecular weight excluding hydrogens is 951 g/mol. The van der Waals surface area contributed by atoms with Crippen molar-refractivity contribution in [3.05, 3.63) is 46.1 Å². The highest BCUT2D eigenvalue weighted by atomic mass is 35.5. The standard InChI is InChI=1S/C49H70Cl2N6O13/c1-61-43-31-42(39(50)29-40(43)51)55-46-35(32-52)33-54-41-30-45(44(62-2)28-38(41)46)70-11-3-5-56-6-8-57(9-7-56)10-13-64-15-17-66-19-21-68-23-25-69-24-22-67-20-18-65-16-14-63-12-4-53-49(60)37-27-34-26-36(37)48(59)47(34)58/h28-31,33-34,36-37,47-48,58-59H,3-27H2,1-2H3,(H,53,60)(H,54,55). The average molecular weight is 1020 g/mol. The normalized spacial score (nSPS) is 20.2. The van der Waals surface area contributed by atoms with Crippen LogP contribution in [0.2, 0.25) is 10.0 Å². The molecule has 1 saturated heterocycles. The van der Waals surface area contributed by atoms with Crippen molar-refractivity contribution in [2.75, 3.05) is 164 Å². The van der Waals surface area contributed by atoms with Gasteiger partial charge in [0, 0.05) is 75.4 Å². The molecule has 2 aliphatic carbocycles. The smallest absolute Gasteiger partial charge is 0.223 e. The summed E-state index contributed by atoms with van der Waals surface area (Å²) >= 11 is 12.7. The number of methoxy groups -OCH3 is 2. The average Bonchev–Trinajstić information content (AvgIpc) is 3.93. The van der Waals surface area contributed by atoms with E-state index in [0.29, 0.717) is 174 Å². The number of halogens is 2. The van der Waals surface area contributed by atoms with Gasteiger partial charge in [-0.3, -0.25) is 14.7 Å². The molecule has 0 spiro atoms.